The normalized spacial score (nSPS) is 11.4. The van der Waals surface area contributed by atoms with Gasteiger partial charge < -0.3 is 9.13 Å². The number of hydrogen-bond donors (Lipinski definition) is 0. The van der Waals surface area contributed by atoms with Crippen LogP contribution < -0.4 is 0 Å². The molecule has 0 radical (unpaired) electrons. The molecule has 0 unspecified atom stereocenters. The second-order valence-corrected chi connectivity index (χ2v) is 16.3. The van der Waals surface area contributed by atoms with E-state index >= 15 is 0 Å². The lowest BCUT2D eigenvalue weighted by atomic mass is 10.0. The minimum atomic E-state index is 0.578. The average Bonchev–Trinajstić information content (AvgIpc) is 3.88. The SMILES string of the molecule is N#Cc1c(-n2c3ccc(-c4ccccc4)cc3c3cc(-c4ccccc4)ccc32)cc(-c2ccncc2)cc1-n1c2ccc(-c3ccccc3)cc2c2cc(-c3ccccc3)ccc21. The zero-order valence-electron chi connectivity index (χ0n) is 34.7. The van der Waals surface area contributed by atoms with Crippen LogP contribution in [0.1, 0.15) is 5.56 Å². The van der Waals surface area contributed by atoms with Crippen LogP contribution >= 0.6 is 0 Å². The molecule has 0 atom stereocenters. The number of aromatic nitrogens is 3. The first-order chi connectivity index (χ1) is 31.7. The number of pyridine rings is 1. The van der Waals surface area contributed by atoms with Gasteiger partial charge in [-0.25, -0.2) is 0 Å². The van der Waals surface area contributed by atoms with Gasteiger partial charge in [0.2, 0.25) is 0 Å². The number of benzene rings is 9. The summed E-state index contributed by atoms with van der Waals surface area (Å²) in [5.74, 6) is 0. The Balaban J connectivity index is 1.18. The molecule has 0 amide bonds. The predicted octanol–water partition coefficient (Wildman–Crippen LogP) is 15.5. The lowest BCUT2D eigenvalue weighted by molar-refractivity contribution is 1.12. The van der Waals surface area contributed by atoms with E-state index in [4.69, 9.17) is 0 Å². The van der Waals surface area contributed by atoms with Gasteiger partial charge in [-0.1, -0.05) is 146 Å². The second-order valence-electron chi connectivity index (χ2n) is 16.3. The molecule has 9 aromatic carbocycles. The maximum atomic E-state index is 11.6. The summed E-state index contributed by atoms with van der Waals surface area (Å²) < 4.78 is 4.60. The summed E-state index contributed by atoms with van der Waals surface area (Å²) in [6.45, 7) is 0. The highest BCUT2D eigenvalue weighted by Gasteiger charge is 2.24. The Kier molecular flexibility index (Phi) is 8.84. The van der Waals surface area contributed by atoms with Gasteiger partial charge in [0.1, 0.15) is 11.6 Å². The van der Waals surface area contributed by atoms with E-state index in [1.165, 1.54) is 0 Å². The Labute approximate surface area is 370 Å². The molecule has 0 aliphatic carbocycles. The van der Waals surface area contributed by atoms with Crippen LogP contribution in [0.3, 0.4) is 0 Å². The first-order valence-corrected chi connectivity index (χ1v) is 21.6. The van der Waals surface area contributed by atoms with E-state index in [9.17, 15) is 5.26 Å². The van der Waals surface area contributed by atoms with E-state index in [0.29, 0.717) is 5.56 Å². The third-order valence-corrected chi connectivity index (χ3v) is 12.7. The van der Waals surface area contributed by atoms with Crippen LogP contribution in [0.5, 0.6) is 0 Å². The van der Waals surface area contributed by atoms with Crippen molar-refractivity contribution in [3.05, 3.63) is 236 Å². The van der Waals surface area contributed by atoms with Crippen molar-refractivity contribution in [2.24, 2.45) is 0 Å². The van der Waals surface area contributed by atoms with Gasteiger partial charge in [-0.15, -0.1) is 0 Å². The van der Waals surface area contributed by atoms with Gasteiger partial charge in [0.05, 0.1) is 33.4 Å². The van der Waals surface area contributed by atoms with Crippen molar-refractivity contribution < 1.29 is 0 Å². The Morgan fingerprint density at radius 3 is 0.891 bits per heavy atom. The maximum Gasteiger partial charge on any atom is 0.104 e. The van der Waals surface area contributed by atoms with Crippen LogP contribution in [0, 0.1) is 11.3 Å². The van der Waals surface area contributed by atoms with Gasteiger partial charge in [-0.3, -0.25) is 4.98 Å². The number of rotatable bonds is 7. The van der Waals surface area contributed by atoms with E-state index in [1.807, 2.05) is 24.5 Å². The highest BCUT2D eigenvalue weighted by atomic mass is 15.0. The van der Waals surface area contributed by atoms with Crippen molar-refractivity contribution >= 4 is 43.6 Å². The molecule has 3 aromatic heterocycles. The molecular weight excluding hydrogens is 777 g/mol. The van der Waals surface area contributed by atoms with Crippen molar-refractivity contribution in [2.75, 3.05) is 0 Å². The first-order valence-electron chi connectivity index (χ1n) is 21.6. The fourth-order valence-corrected chi connectivity index (χ4v) is 9.60. The molecule has 4 nitrogen and oxygen atoms in total. The van der Waals surface area contributed by atoms with E-state index in [1.54, 1.807) is 0 Å². The molecule has 4 heteroatoms. The molecule has 3 heterocycles. The minimum Gasteiger partial charge on any atom is -0.308 e. The van der Waals surface area contributed by atoms with E-state index in [-0.39, 0.29) is 0 Å². The molecule has 0 saturated heterocycles. The van der Waals surface area contributed by atoms with Crippen LogP contribution in [-0.2, 0) is 0 Å². The van der Waals surface area contributed by atoms with Gasteiger partial charge >= 0.3 is 0 Å². The summed E-state index contributed by atoms with van der Waals surface area (Å²) in [6, 6.07) is 80.3. The van der Waals surface area contributed by atoms with Crippen LogP contribution in [0.4, 0.5) is 0 Å². The summed E-state index contributed by atoms with van der Waals surface area (Å²) in [6.07, 6.45) is 3.67. The number of hydrogen-bond acceptors (Lipinski definition) is 2. The van der Waals surface area contributed by atoms with Gasteiger partial charge in [0.25, 0.3) is 0 Å². The standard InChI is InChI=1S/C60H38N4/c61-39-54-59(63-55-25-21-45(40-13-5-1-6-14-40)33-50(55)51-34-46(22-26-56(51)63)41-15-7-2-8-16-41)37-49(44-29-31-62-32-30-44)38-60(54)64-57-27-23-47(42-17-9-3-10-18-42)35-52(57)53-36-48(24-28-58(53)64)43-19-11-4-12-20-43/h1-38H. The molecule has 0 aliphatic heterocycles. The summed E-state index contributed by atoms with van der Waals surface area (Å²) in [4.78, 5) is 4.38. The average molecular weight is 815 g/mol. The van der Waals surface area contributed by atoms with Crippen molar-refractivity contribution in [1.29, 1.82) is 5.26 Å². The highest BCUT2D eigenvalue weighted by molar-refractivity contribution is 6.14. The Morgan fingerprint density at radius 2 is 0.594 bits per heavy atom. The van der Waals surface area contributed by atoms with Crippen molar-refractivity contribution in [3.63, 3.8) is 0 Å². The van der Waals surface area contributed by atoms with Gasteiger partial charge in [-0.2, -0.15) is 5.26 Å². The van der Waals surface area contributed by atoms with Gasteiger partial charge in [-0.05, 0) is 128 Å². The third kappa shape index (κ3) is 6.18. The van der Waals surface area contributed by atoms with E-state index in [2.05, 4.69) is 226 Å². The van der Waals surface area contributed by atoms with Gasteiger partial charge in [0, 0.05) is 33.9 Å². The molecule has 64 heavy (non-hydrogen) atoms. The van der Waals surface area contributed by atoms with Crippen LogP contribution in [0.15, 0.2) is 231 Å². The lowest BCUT2D eigenvalue weighted by Crippen LogP contribution is -2.05. The monoisotopic (exact) mass is 814 g/mol. The largest absolute Gasteiger partial charge is 0.308 e. The first kappa shape index (κ1) is 37.0. The molecule has 0 spiro atoms. The molecule has 298 valence electrons. The number of fused-ring (bicyclic) bond motifs is 6. The zero-order chi connectivity index (χ0) is 42.6. The number of nitrogens with zero attached hydrogens (tertiary/aromatic N) is 4. The lowest BCUT2D eigenvalue weighted by Gasteiger charge is -2.18. The molecule has 0 aliphatic rings. The third-order valence-electron chi connectivity index (χ3n) is 12.7. The summed E-state index contributed by atoms with van der Waals surface area (Å²) in [7, 11) is 0. The molecule has 0 saturated carbocycles. The fourth-order valence-electron chi connectivity index (χ4n) is 9.60. The summed E-state index contributed by atoms with van der Waals surface area (Å²) in [5, 5.41) is 16.1. The van der Waals surface area contributed by atoms with Crippen LogP contribution in [-0.4, -0.2) is 14.1 Å². The Morgan fingerprint density at radius 1 is 0.297 bits per heavy atom. The summed E-state index contributed by atoms with van der Waals surface area (Å²) in [5.41, 5.74) is 17.5. The molecule has 12 rings (SSSR count). The molecule has 0 bridgehead atoms. The predicted molar refractivity (Wildman–Crippen MR) is 265 cm³/mol. The fraction of sp³-hybridized carbons (Fsp3) is 0. The topological polar surface area (TPSA) is 46.5 Å². The van der Waals surface area contributed by atoms with E-state index in [0.717, 1.165) is 111 Å². The second kappa shape index (κ2) is 15.3. The quantitative estimate of drug-likeness (QED) is 0.161. The Hall–Kier alpha value is -8.78. The molecule has 0 N–H and O–H groups in total. The van der Waals surface area contributed by atoms with Gasteiger partial charge in [0.15, 0.2) is 0 Å². The zero-order valence-corrected chi connectivity index (χ0v) is 34.7. The minimum absolute atomic E-state index is 0.578. The van der Waals surface area contributed by atoms with Crippen molar-refractivity contribution in [2.45, 2.75) is 0 Å². The number of nitriles is 1. The smallest absolute Gasteiger partial charge is 0.104 e. The van der Waals surface area contributed by atoms with Crippen LogP contribution in [0.25, 0.3) is 111 Å². The molecular formula is C60H38N4. The highest BCUT2D eigenvalue weighted by Crippen LogP contribution is 2.43. The summed E-state index contributed by atoms with van der Waals surface area (Å²) >= 11 is 0. The van der Waals surface area contributed by atoms with Crippen LogP contribution in [0.2, 0.25) is 0 Å². The Bertz CT molecular complexity index is 3340. The molecule has 12 aromatic rings. The molecule has 0 fully saturated rings. The van der Waals surface area contributed by atoms with E-state index < -0.39 is 0 Å². The maximum absolute atomic E-state index is 11.6. The van der Waals surface area contributed by atoms with Crippen molar-refractivity contribution in [1.82, 2.24) is 14.1 Å². The van der Waals surface area contributed by atoms with Crippen molar-refractivity contribution in [3.8, 4) is 73.1 Å².